The van der Waals surface area contributed by atoms with Crippen LogP contribution in [0.5, 0.6) is 0 Å². The van der Waals surface area contributed by atoms with E-state index in [-0.39, 0.29) is 36.3 Å². The summed E-state index contributed by atoms with van der Waals surface area (Å²) >= 11 is 0. The second kappa shape index (κ2) is 9.95. The maximum Gasteiger partial charge on any atom is 0.240 e. The molecule has 0 aliphatic rings. The molecule has 1 unspecified atom stereocenters. The zero-order valence-corrected chi connectivity index (χ0v) is 17.7. The van der Waals surface area contributed by atoms with Crippen LogP contribution in [0.15, 0.2) is 0 Å². The highest BCUT2D eigenvalue weighted by atomic mass is 16.2. The lowest BCUT2D eigenvalue weighted by molar-refractivity contribution is -0.143. The molecule has 1 atom stereocenters. The smallest absolute Gasteiger partial charge is 0.240 e. The van der Waals surface area contributed by atoms with Gasteiger partial charge in [0.15, 0.2) is 11.6 Å². The summed E-state index contributed by atoms with van der Waals surface area (Å²) in [6.45, 7) is 12.3. The Hall–Kier alpha value is -1.56. The molecule has 0 spiro atoms. The van der Waals surface area contributed by atoms with E-state index in [0.29, 0.717) is 19.3 Å². The van der Waals surface area contributed by atoms with Crippen molar-refractivity contribution in [2.45, 2.75) is 73.8 Å². The summed E-state index contributed by atoms with van der Waals surface area (Å²) in [4.78, 5) is 50.8. The van der Waals surface area contributed by atoms with E-state index in [2.05, 4.69) is 5.32 Å². The third-order valence-corrected chi connectivity index (χ3v) is 4.41. The number of ketones is 3. The SMILES string of the molecule is CCC(=O)CCC(NC)C(=O)N(CC(=O)C(C)(C)C)CC(=O)C(C)(C)C. The number of likely N-dealkylation sites (N-methyl/N-ethyl adjacent to an activating group) is 1. The highest BCUT2D eigenvalue weighted by molar-refractivity contribution is 5.95. The van der Waals surface area contributed by atoms with Gasteiger partial charge >= 0.3 is 0 Å². The van der Waals surface area contributed by atoms with Gasteiger partial charge in [-0.3, -0.25) is 19.2 Å². The van der Waals surface area contributed by atoms with Crippen LogP contribution in [0.25, 0.3) is 0 Å². The maximum absolute atomic E-state index is 12.9. The number of hydrogen-bond acceptors (Lipinski definition) is 5. The molecule has 26 heavy (non-hydrogen) atoms. The predicted octanol–water partition coefficient (Wildman–Crippen LogP) is 2.39. The average molecular weight is 369 g/mol. The molecule has 1 N–H and O–H groups in total. The number of amides is 1. The Morgan fingerprint density at radius 3 is 1.62 bits per heavy atom. The topological polar surface area (TPSA) is 83.6 Å². The number of nitrogens with one attached hydrogen (secondary N) is 1. The van der Waals surface area contributed by atoms with E-state index in [1.807, 2.05) is 0 Å². The molecule has 0 heterocycles. The fourth-order valence-electron chi connectivity index (χ4n) is 2.13. The minimum Gasteiger partial charge on any atom is -0.327 e. The fraction of sp³-hybridized carbons (Fsp3) is 0.800. The molecule has 0 saturated heterocycles. The third kappa shape index (κ3) is 8.21. The van der Waals surface area contributed by atoms with E-state index in [0.717, 1.165) is 0 Å². The van der Waals surface area contributed by atoms with Crippen LogP contribution >= 0.6 is 0 Å². The molecule has 0 radical (unpaired) electrons. The zero-order valence-electron chi connectivity index (χ0n) is 17.7. The second-order valence-corrected chi connectivity index (χ2v) is 8.81. The Morgan fingerprint density at radius 1 is 0.885 bits per heavy atom. The maximum atomic E-state index is 12.9. The Balaban J connectivity index is 5.39. The van der Waals surface area contributed by atoms with E-state index < -0.39 is 16.9 Å². The van der Waals surface area contributed by atoms with Gasteiger partial charge in [0.05, 0.1) is 19.1 Å². The molecular weight excluding hydrogens is 332 g/mol. The van der Waals surface area contributed by atoms with Crippen molar-refractivity contribution in [2.24, 2.45) is 10.8 Å². The molecule has 0 aromatic carbocycles. The van der Waals surface area contributed by atoms with Crippen LogP contribution in [-0.4, -0.2) is 54.3 Å². The first-order chi connectivity index (χ1) is 11.7. The van der Waals surface area contributed by atoms with Crippen LogP contribution < -0.4 is 5.32 Å². The van der Waals surface area contributed by atoms with Crippen LogP contribution in [-0.2, 0) is 19.2 Å². The zero-order chi connectivity index (χ0) is 20.7. The summed E-state index contributed by atoms with van der Waals surface area (Å²) < 4.78 is 0. The van der Waals surface area contributed by atoms with Crippen molar-refractivity contribution in [2.75, 3.05) is 20.1 Å². The summed E-state index contributed by atoms with van der Waals surface area (Å²) in [6, 6.07) is -0.592. The summed E-state index contributed by atoms with van der Waals surface area (Å²) in [5, 5.41) is 2.92. The predicted molar refractivity (Wildman–Crippen MR) is 103 cm³/mol. The quantitative estimate of drug-likeness (QED) is 0.640. The van der Waals surface area contributed by atoms with Gasteiger partial charge in [0.2, 0.25) is 5.91 Å². The van der Waals surface area contributed by atoms with Crippen molar-refractivity contribution in [1.29, 1.82) is 0 Å². The van der Waals surface area contributed by atoms with Gasteiger partial charge in [0, 0.05) is 23.7 Å². The largest absolute Gasteiger partial charge is 0.327 e. The highest BCUT2D eigenvalue weighted by Crippen LogP contribution is 2.19. The lowest BCUT2D eigenvalue weighted by atomic mass is 9.88. The summed E-state index contributed by atoms with van der Waals surface area (Å²) in [6.07, 6.45) is 1.08. The fourth-order valence-corrected chi connectivity index (χ4v) is 2.13. The van der Waals surface area contributed by atoms with Gasteiger partial charge in [-0.1, -0.05) is 48.5 Å². The molecule has 1 amide bonds. The monoisotopic (exact) mass is 368 g/mol. The van der Waals surface area contributed by atoms with Gasteiger partial charge in [-0.25, -0.2) is 0 Å². The molecule has 0 aromatic rings. The molecule has 6 heteroatoms. The number of hydrogen-bond donors (Lipinski definition) is 1. The van der Waals surface area contributed by atoms with Crippen molar-refractivity contribution in [3.8, 4) is 0 Å². The van der Waals surface area contributed by atoms with Gasteiger partial charge in [-0.2, -0.15) is 0 Å². The average Bonchev–Trinajstić information content (AvgIpc) is 2.52. The number of carbonyl (C=O) groups excluding carboxylic acids is 4. The van der Waals surface area contributed by atoms with Crippen LogP contribution in [0, 0.1) is 10.8 Å². The normalized spacial score (nSPS) is 13.2. The number of carbonyl (C=O) groups is 4. The van der Waals surface area contributed by atoms with Crippen LogP contribution in [0.1, 0.15) is 67.7 Å². The van der Waals surface area contributed by atoms with E-state index >= 15 is 0 Å². The Kier molecular flexibility index (Phi) is 9.35. The third-order valence-electron chi connectivity index (χ3n) is 4.41. The van der Waals surface area contributed by atoms with Crippen LogP contribution in [0.4, 0.5) is 0 Å². The number of rotatable bonds is 10. The van der Waals surface area contributed by atoms with Gasteiger partial charge in [0.25, 0.3) is 0 Å². The molecule has 0 saturated carbocycles. The second-order valence-electron chi connectivity index (χ2n) is 8.81. The van der Waals surface area contributed by atoms with Crippen LogP contribution in [0.2, 0.25) is 0 Å². The van der Waals surface area contributed by atoms with Gasteiger partial charge < -0.3 is 10.2 Å². The van der Waals surface area contributed by atoms with Crippen LogP contribution in [0.3, 0.4) is 0 Å². The summed E-state index contributed by atoms with van der Waals surface area (Å²) in [7, 11) is 1.65. The van der Waals surface area contributed by atoms with Crippen molar-refractivity contribution < 1.29 is 19.2 Å². The van der Waals surface area contributed by atoms with E-state index in [4.69, 9.17) is 0 Å². The van der Waals surface area contributed by atoms with Gasteiger partial charge in [0.1, 0.15) is 5.78 Å². The Bertz CT molecular complexity index is 499. The minimum absolute atomic E-state index is 0.0844. The van der Waals surface area contributed by atoms with Crippen molar-refractivity contribution in [1.82, 2.24) is 10.2 Å². The number of Topliss-reactive ketones (excluding diaryl/α,β-unsaturated/α-hetero) is 3. The summed E-state index contributed by atoms with van der Waals surface area (Å²) in [5.74, 6) is -0.438. The van der Waals surface area contributed by atoms with Crippen molar-refractivity contribution in [3.05, 3.63) is 0 Å². The Morgan fingerprint density at radius 2 is 1.31 bits per heavy atom. The van der Waals surface area contributed by atoms with E-state index in [9.17, 15) is 19.2 Å². The molecule has 0 aliphatic heterocycles. The number of nitrogens with zero attached hydrogens (tertiary/aromatic N) is 1. The van der Waals surface area contributed by atoms with Crippen molar-refractivity contribution in [3.63, 3.8) is 0 Å². The molecule has 0 fully saturated rings. The van der Waals surface area contributed by atoms with Crippen molar-refractivity contribution >= 4 is 23.3 Å². The Labute approximate surface area is 158 Å². The van der Waals surface area contributed by atoms with Gasteiger partial charge in [-0.15, -0.1) is 0 Å². The first kappa shape index (κ1) is 24.4. The molecule has 0 rings (SSSR count). The summed E-state index contributed by atoms with van der Waals surface area (Å²) in [5.41, 5.74) is -1.20. The van der Waals surface area contributed by atoms with Gasteiger partial charge in [-0.05, 0) is 13.5 Å². The lowest BCUT2D eigenvalue weighted by Gasteiger charge is -2.30. The first-order valence-electron chi connectivity index (χ1n) is 9.28. The van der Waals surface area contributed by atoms with E-state index in [1.165, 1.54) is 4.90 Å². The standard InChI is InChI=1S/C20H36N2O4/c1-9-14(23)10-11-15(21-8)18(26)22(12-16(24)19(2,3)4)13-17(25)20(5,6)7/h15,21H,9-13H2,1-8H3. The van der Waals surface area contributed by atoms with E-state index in [1.54, 1.807) is 55.5 Å². The molecule has 0 aliphatic carbocycles. The molecule has 0 aromatic heterocycles. The highest BCUT2D eigenvalue weighted by Gasteiger charge is 2.32. The minimum atomic E-state index is -0.601. The molecule has 6 nitrogen and oxygen atoms in total. The lowest BCUT2D eigenvalue weighted by Crippen LogP contribution is -2.51. The molecular formula is C20H36N2O4. The molecule has 150 valence electrons. The first-order valence-corrected chi connectivity index (χ1v) is 9.28. The molecule has 0 bridgehead atoms.